The molecule has 2 N–H and O–H groups in total. The highest BCUT2D eigenvalue weighted by Gasteiger charge is 2.33. The van der Waals surface area contributed by atoms with Crippen molar-refractivity contribution in [3.8, 4) is 0 Å². The summed E-state index contributed by atoms with van der Waals surface area (Å²) in [5, 5.41) is 3.28. The predicted octanol–water partition coefficient (Wildman–Crippen LogP) is 4.38. The van der Waals surface area contributed by atoms with Crippen LogP contribution in [0.2, 0.25) is 10.0 Å². The number of halogens is 2. The maximum atomic E-state index is 13.1. The van der Waals surface area contributed by atoms with Gasteiger partial charge in [-0.2, -0.15) is 0 Å². The van der Waals surface area contributed by atoms with E-state index in [9.17, 15) is 21.6 Å². The van der Waals surface area contributed by atoms with E-state index in [0.29, 0.717) is 35.5 Å². The number of nitrogens with one attached hydrogen (secondary N) is 2. The van der Waals surface area contributed by atoms with Crippen LogP contribution in [0.25, 0.3) is 0 Å². The number of anilines is 2. The summed E-state index contributed by atoms with van der Waals surface area (Å²) in [4.78, 5) is 21.1. The number of hydrogen-bond donors (Lipinski definition) is 2. The zero-order chi connectivity index (χ0) is 28.4. The van der Waals surface area contributed by atoms with Crippen LogP contribution in [0, 0.1) is 19.8 Å². The Balaban J connectivity index is 1.40. The van der Waals surface area contributed by atoms with Gasteiger partial charge in [0, 0.05) is 45.8 Å². The Labute approximate surface area is 237 Å². The molecule has 3 aromatic rings. The quantitative estimate of drug-likeness (QED) is 0.385. The average Bonchev–Trinajstić information content (AvgIpc) is 2.86. The molecule has 1 aliphatic rings. The molecule has 1 fully saturated rings. The summed E-state index contributed by atoms with van der Waals surface area (Å²) in [5.74, 6) is -1.33. The first-order valence-electron chi connectivity index (χ1n) is 12.0. The number of rotatable bonds is 8. The summed E-state index contributed by atoms with van der Waals surface area (Å²) in [6, 6.07) is 12.2. The van der Waals surface area contributed by atoms with Gasteiger partial charge in [-0.3, -0.25) is 4.79 Å². The van der Waals surface area contributed by atoms with Crippen LogP contribution in [0.5, 0.6) is 0 Å². The Hall–Kier alpha value is -2.77. The summed E-state index contributed by atoms with van der Waals surface area (Å²) in [6.45, 7) is 3.78. The van der Waals surface area contributed by atoms with E-state index < -0.39 is 26.0 Å². The minimum atomic E-state index is -3.95. The Morgan fingerprint density at radius 3 is 2.23 bits per heavy atom. The van der Waals surface area contributed by atoms with Crippen LogP contribution in [0.4, 0.5) is 11.6 Å². The fraction of sp³-hybridized carbons (Fsp3) is 0.320. The van der Waals surface area contributed by atoms with E-state index in [0.717, 1.165) is 0 Å². The second kappa shape index (κ2) is 11.8. The Bertz CT molecular complexity index is 1560. The van der Waals surface area contributed by atoms with Crippen molar-refractivity contribution < 1.29 is 21.6 Å². The number of nitrogens with zero attached hydrogens (tertiary/aromatic N) is 3. The zero-order valence-corrected chi connectivity index (χ0v) is 24.3. The SMILES string of the molecule is Cc1cc(C)nc(NS(=O)(=O)c2ccc(NC(=O)C3CCCN(S(=O)(=O)Cc4c(Cl)cccc4Cl)C3)cc2)n1. The van der Waals surface area contributed by atoms with Gasteiger partial charge in [0.1, 0.15) is 0 Å². The first kappa shape index (κ1) is 29.2. The summed E-state index contributed by atoms with van der Waals surface area (Å²) in [6.07, 6.45) is 1.02. The van der Waals surface area contributed by atoms with Gasteiger partial charge in [-0.1, -0.05) is 29.3 Å². The van der Waals surface area contributed by atoms with Crippen molar-refractivity contribution in [1.29, 1.82) is 0 Å². The number of sulfonamides is 2. The average molecular weight is 613 g/mol. The standard InChI is InChI=1S/C25H27Cl2N5O5S2/c1-16-13-17(2)29-25(28-16)31-39(36,37)20-10-8-19(9-11-20)30-24(33)18-5-4-12-32(14-18)38(34,35)15-21-22(26)6-3-7-23(21)27/h3,6-11,13,18H,4-5,12,14-15H2,1-2H3,(H,30,33)(H,28,29,31). The van der Waals surface area contributed by atoms with Gasteiger partial charge in [-0.05, 0) is 69.2 Å². The van der Waals surface area contributed by atoms with Crippen molar-refractivity contribution in [3.63, 3.8) is 0 Å². The molecule has 1 unspecified atom stereocenters. The van der Waals surface area contributed by atoms with Crippen LogP contribution >= 0.6 is 23.2 Å². The fourth-order valence-corrected chi connectivity index (χ4v) is 7.57. The largest absolute Gasteiger partial charge is 0.326 e. The molecule has 10 nitrogen and oxygen atoms in total. The lowest BCUT2D eigenvalue weighted by atomic mass is 9.99. The van der Waals surface area contributed by atoms with Gasteiger partial charge in [0.05, 0.1) is 16.6 Å². The number of hydrogen-bond acceptors (Lipinski definition) is 7. The molecule has 0 radical (unpaired) electrons. The van der Waals surface area contributed by atoms with Crippen LogP contribution in [-0.4, -0.2) is 50.1 Å². The van der Waals surface area contributed by atoms with Crippen molar-refractivity contribution in [2.24, 2.45) is 5.92 Å². The second-order valence-corrected chi connectivity index (χ2v) is 13.7. The van der Waals surface area contributed by atoms with Crippen LogP contribution in [0.3, 0.4) is 0 Å². The lowest BCUT2D eigenvalue weighted by molar-refractivity contribution is -0.120. The topological polar surface area (TPSA) is 138 Å². The van der Waals surface area contributed by atoms with Crippen LogP contribution in [0.1, 0.15) is 29.8 Å². The fourth-order valence-electron chi connectivity index (χ4n) is 4.27. The first-order chi connectivity index (χ1) is 18.3. The van der Waals surface area contributed by atoms with Crippen molar-refractivity contribution in [3.05, 3.63) is 75.5 Å². The molecule has 0 spiro atoms. The smallest absolute Gasteiger partial charge is 0.264 e. The third-order valence-corrected chi connectivity index (χ3v) is 10.0. The molecule has 1 aromatic heterocycles. The van der Waals surface area contributed by atoms with Gasteiger partial charge in [0.2, 0.25) is 21.9 Å². The highest BCUT2D eigenvalue weighted by Crippen LogP contribution is 2.29. The lowest BCUT2D eigenvalue weighted by Gasteiger charge is -2.31. The molecular weight excluding hydrogens is 585 g/mol. The molecule has 1 amide bonds. The summed E-state index contributed by atoms with van der Waals surface area (Å²) >= 11 is 12.3. The maximum absolute atomic E-state index is 13.1. The van der Waals surface area contributed by atoms with Crippen LogP contribution in [-0.2, 0) is 30.6 Å². The van der Waals surface area contributed by atoms with Crippen LogP contribution < -0.4 is 10.0 Å². The molecule has 1 atom stereocenters. The van der Waals surface area contributed by atoms with Crippen molar-refractivity contribution in [2.75, 3.05) is 23.1 Å². The number of carbonyl (C=O) groups is 1. The van der Waals surface area contributed by atoms with Gasteiger partial charge in [0.15, 0.2) is 0 Å². The second-order valence-electron chi connectivity index (χ2n) is 9.25. The molecule has 2 heterocycles. The zero-order valence-electron chi connectivity index (χ0n) is 21.2. The molecule has 39 heavy (non-hydrogen) atoms. The molecule has 2 aromatic carbocycles. The normalized spacial score (nSPS) is 16.6. The van der Waals surface area contributed by atoms with E-state index in [4.69, 9.17) is 23.2 Å². The molecule has 208 valence electrons. The number of piperidine rings is 1. The number of carbonyl (C=O) groups excluding carboxylic acids is 1. The number of aryl methyl sites for hydroxylation is 2. The van der Waals surface area contributed by atoms with Crippen molar-refractivity contribution in [2.45, 2.75) is 37.3 Å². The summed E-state index contributed by atoms with van der Waals surface area (Å²) in [7, 11) is -7.72. The van der Waals surface area contributed by atoms with E-state index in [1.54, 1.807) is 38.1 Å². The van der Waals surface area contributed by atoms with E-state index in [2.05, 4.69) is 20.0 Å². The number of amides is 1. The first-order valence-corrected chi connectivity index (χ1v) is 15.9. The van der Waals surface area contributed by atoms with Crippen LogP contribution in [0.15, 0.2) is 53.4 Å². The van der Waals surface area contributed by atoms with Gasteiger partial charge >= 0.3 is 0 Å². The number of aromatic nitrogens is 2. The molecule has 4 rings (SSSR count). The summed E-state index contributed by atoms with van der Waals surface area (Å²) < 4.78 is 55.3. The monoisotopic (exact) mass is 611 g/mol. The van der Waals surface area contributed by atoms with E-state index >= 15 is 0 Å². The Morgan fingerprint density at radius 1 is 1.00 bits per heavy atom. The lowest BCUT2D eigenvalue weighted by Crippen LogP contribution is -2.44. The Kier molecular flexibility index (Phi) is 8.82. The van der Waals surface area contributed by atoms with Gasteiger partial charge in [0.25, 0.3) is 10.0 Å². The minimum absolute atomic E-state index is 0.0164. The van der Waals surface area contributed by atoms with Gasteiger partial charge < -0.3 is 5.32 Å². The predicted molar refractivity (Wildman–Crippen MR) is 151 cm³/mol. The van der Waals surface area contributed by atoms with E-state index in [-0.39, 0.29) is 45.6 Å². The molecule has 0 aliphatic carbocycles. The van der Waals surface area contributed by atoms with Gasteiger partial charge in [-0.15, -0.1) is 0 Å². The van der Waals surface area contributed by atoms with Crippen molar-refractivity contribution >= 4 is 60.8 Å². The number of benzene rings is 2. The molecule has 0 saturated carbocycles. The Morgan fingerprint density at radius 2 is 1.62 bits per heavy atom. The molecular formula is C25H27Cl2N5O5S2. The summed E-state index contributed by atoms with van der Waals surface area (Å²) in [5.41, 5.74) is 1.95. The van der Waals surface area contributed by atoms with Crippen molar-refractivity contribution in [1.82, 2.24) is 14.3 Å². The van der Waals surface area contributed by atoms with Gasteiger partial charge in [-0.25, -0.2) is 35.8 Å². The highest BCUT2D eigenvalue weighted by atomic mass is 35.5. The molecule has 0 bridgehead atoms. The highest BCUT2D eigenvalue weighted by molar-refractivity contribution is 7.92. The van der Waals surface area contributed by atoms with E-state index in [1.807, 2.05) is 0 Å². The third-order valence-electron chi connectivity index (χ3n) is 6.18. The maximum Gasteiger partial charge on any atom is 0.264 e. The molecule has 1 aliphatic heterocycles. The molecule has 1 saturated heterocycles. The minimum Gasteiger partial charge on any atom is -0.326 e. The van der Waals surface area contributed by atoms with E-state index in [1.165, 1.54) is 28.6 Å². The molecule has 14 heteroatoms. The third kappa shape index (κ3) is 7.25.